The first-order valence-electron chi connectivity index (χ1n) is 47.6. The molecule has 17 nitrogen and oxygen atoms in total. The van der Waals surface area contributed by atoms with E-state index in [0.29, 0.717) is 83.2 Å². The molecular formula is C103H108Br10N12O5. The molecule has 27 heteroatoms. The summed E-state index contributed by atoms with van der Waals surface area (Å²) in [5.41, 5.74) is 32.2. The van der Waals surface area contributed by atoms with Crippen LogP contribution in [-0.2, 0) is 88.2 Å². The van der Waals surface area contributed by atoms with Crippen molar-refractivity contribution in [2.24, 2.45) is 17.8 Å². The molecule has 5 amide bonds. The number of likely N-dealkylation sites (tertiary alicyclic amines) is 3. The third kappa shape index (κ3) is 21.7. The Morgan fingerprint density at radius 1 is 0.292 bits per heavy atom. The first kappa shape index (κ1) is 90.4. The number of benzene rings is 5. The van der Waals surface area contributed by atoms with Crippen molar-refractivity contribution in [3.8, 4) is 0 Å². The lowest BCUT2D eigenvalue weighted by Gasteiger charge is -2.39. The second-order valence-corrected chi connectivity index (χ2v) is 44.8. The van der Waals surface area contributed by atoms with Gasteiger partial charge in [-0.05, 0) is 388 Å². The highest BCUT2D eigenvalue weighted by molar-refractivity contribution is 9.12. The summed E-state index contributed by atoms with van der Waals surface area (Å²) >= 11 is 37.0. The smallest absolute Gasteiger partial charge is 0.209 e. The third-order valence-electron chi connectivity index (χ3n) is 28.2. The first-order chi connectivity index (χ1) is 64.7. The van der Waals surface area contributed by atoms with Gasteiger partial charge < -0.3 is 24.5 Å². The third-order valence-corrected chi connectivity index (χ3v) is 35.0. The van der Waals surface area contributed by atoms with Crippen LogP contribution in [0.3, 0.4) is 0 Å². The van der Waals surface area contributed by atoms with Crippen molar-refractivity contribution in [2.75, 3.05) is 91.6 Å². The summed E-state index contributed by atoms with van der Waals surface area (Å²) in [6, 6.07) is 33.5. The molecule has 20 rings (SSSR count). The van der Waals surface area contributed by atoms with E-state index in [4.69, 9.17) is 31.8 Å². The Bertz CT molecular complexity index is 5690. The molecule has 5 aromatic carbocycles. The second kappa shape index (κ2) is 43.9. The molecule has 5 aliphatic carbocycles. The zero-order valence-corrected chi connectivity index (χ0v) is 89.4. The minimum absolute atomic E-state index is 0.0589. The van der Waals surface area contributed by atoms with Crippen LogP contribution in [0.25, 0.3) is 0 Å². The molecule has 0 spiro atoms. The average Bonchev–Trinajstić information content (AvgIpc) is 1.71. The Hall–Kier alpha value is -6.08. The predicted molar refractivity (Wildman–Crippen MR) is 550 cm³/mol. The number of rotatable bonds is 5. The highest BCUT2D eigenvalue weighted by atomic mass is 79.9. The summed E-state index contributed by atoms with van der Waals surface area (Å²) in [5, 5.41) is 0. The van der Waals surface area contributed by atoms with Gasteiger partial charge in [0.25, 0.3) is 0 Å². The number of carbonyl (C=O) groups excluding carboxylic acids is 5. The maximum atomic E-state index is 11.4. The molecule has 5 aliphatic heterocycles. The summed E-state index contributed by atoms with van der Waals surface area (Å²) in [5.74, 6) is 1.99. The number of pyridine rings is 5. The number of nitrogens with zero attached hydrogens (tertiary/aromatic N) is 12. The van der Waals surface area contributed by atoms with Gasteiger partial charge in [-0.1, -0.05) is 128 Å². The molecule has 0 bridgehead atoms. The van der Waals surface area contributed by atoms with E-state index in [1.54, 1.807) is 24.5 Å². The van der Waals surface area contributed by atoms with Gasteiger partial charge in [0.05, 0.1) is 40.6 Å². The van der Waals surface area contributed by atoms with Gasteiger partial charge in [0.15, 0.2) is 0 Å². The standard InChI is InChI=1S/3C21H22Br2N2O.2C20H21Br2N3O/c2*1-13-2-4-17-18(20(13)23)5-3-15-10-16(22)11-24-21(15)19(17)14-6-8-25(12-26)9-7-14;1-13-8-15-2-3-16-10-17(22)11-24-21(16)20(19(15)18(23)9-13)14-4-6-25(12-26)7-5-14;1-13-2-4-17-16(18(13)22)5-3-14-10-15(21)11-23-19(14)20(17)25-8-6-24(12-26)7-9-25;1-13-8-14-2-3-15-10-16(21)11-23-19(15)20(18(14)17(22)9-13)25-6-4-24(12-26)5-7-25/h2*2,4,10-12,14,19H,3,5-9H2,1H3;8-12,14,20H,2-7H2,1H3;2,4,10-12,20H,3,5-9H2,1H3;8-12,20H,2-7H2,1H3/t2*19-;3*20-/m10011/s1/i5*12T. The number of aryl methyl sites for hydroxylation is 12. The number of halogens is 10. The topological polar surface area (TPSA) is 172 Å². The van der Waals surface area contributed by atoms with Crippen LogP contribution in [0.4, 0.5) is 0 Å². The molecule has 0 saturated carbocycles. The molecule has 10 aliphatic rings. The van der Waals surface area contributed by atoms with Crippen LogP contribution >= 0.6 is 159 Å². The molecule has 5 saturated heterocycles. The number of amides is 5. The number of hydrogen-bond acceptors (Lipinski definition) is 12. The lowest BCUT2D eigenvalue weighted by atomic mass is 9.76. The van der Waals surface area contributed by atoms with Crippen LogP contribution < -0.4 is 0 Å². The maximum absolute atomic E-state index is 11.4. The zero-order valence-electron chi connectivity index (χ0n) is 78.6. The summed E-state index contributed by atoms with van der Waals surface area (Å²) < 4.78 is 47.9. The van der Waals surface area contributed by atoms with Gasteiger partial charge in [0.2, 0.25) is 31.9 Å². The fourth-order valence-electron chi connectivity index (χ4n) is 21.7. The normalized spacial score (nSPS) is 20.8. The fraction of sp³-hybridized carbons (Fsp3) is 0.417. The SMILES string of the molecule is [3H]C(=O)N1CCC([C@@H]2c3ccc(C)c(Br)c3CCc3cc(Br)cnc32)CC1.[3H]C(=O)N1CCC([C@@H]2c3ncc(Br)cc3CCc3cc(C)cc(Br)c32)CC1.[3H]C(=O)N1CCC([C@H]2c3ccc(C)c(Br)c3CCc3cc(Br)cnc32)CC1.[3H]C(=O)N1CCN([C@@H]2c3ccc(C)c(Br)c3CCc3cc(Br)cnc32)CC1.[3H]C(=O)N1CCN([C@H]2c3ncc(Br)cc3CCc3cc(C)cc(Br)c32)CC1. The van der Waals surface area contributed by atoms with Crippen molar-refractivity contribution in [3.05, 3.63) is 306 Å². The highest BCUT2D eigenvalue weighted by Gasteiger charge is 2.41. The fourth-order valence-corrected chi connectivity index (χ4v) is 26.9. The Morgan fingerprint density at radius 3 is 0.923 bits per heavy atom. The molecule has 5 atom stereocenters. The highest BCUT2D eigenvalue weighted by Crippen LogP contribution is 2.51. The van der Waals surface area contributed by atoms with Gasteiger partial charge in [0.1, 0.15) is 6.85 Å². The number of hydrogen-bond donors (Lipinski definition) is 0. The Labute approximate surface area is 855 Å². The van der Waals surface area contributed by atoms with Crippen LogP contribution in [0, 0.1) is 52.4 Å². The quantitative estimate of drug-likeness (QED) is 0.150. The van der Waals surface area contributed by atoms with Crippen LogP contribution in [0.15, 0.2) is 167 Å². The van der Waals surface area contributed by atoms with Crippen molar-refractivity contribution in [1.82, 2.24) is 59.2 Å². The lowest BCUT2D eigenvalue weighted by molar-refractivity contribution is -0.120. The van der Waals surface area contributed by atoms with Gasteiger partial charge in [-0.2, -0.15) is 0 Å². The van der Waals surface area contributed by atoms with Crippen LogP contribution in [0.1, 0.15) is 215 Å². The van der Waals surface area contributed by atoms with Crippen LogP contribution in [0.5, 0.6) is 0 Å². The minimum Gasteiger partial charge on any atom is -0.345 e. The van der Waals surface area contributed by atoms with E-state index in [-0.39, 0.29) is 29.8 Å². The van der Waals surface area contributed by atoms with Gasteiger partial charge in [0, 0.05) is 185 Å². The van der Waals surface area contributed by atoms with E-state index >= 15 is 0 Å². The van der Waals surface area contributed by atoms with Gasteiger partial charge in [-0.15, -0.1) is 0 Å². The van der Waals surface area contributed by atoms with Gasteiger partial charge >= 0.3 is 0 Å². The first-order valence-corrected chi connectivity index (χ1v) is 53.1. The van der Waals surface area contributed by atoms with Crippen LogP contribution in [0.2, 0.25) is 0 Å². The summed E-state index contributed by atoms with van der Waals surface area (Å²) in [7, 11) is 0. The van der Waals surface area contributed by atoms with Crippen molar-refractivity contribution < 1.29 is 30.8 Å². The molecule has 0 unspecified atom stereocenters. The molecule has 130 heavy (non-hydrogen) atoms. The van der Waals surface area contributed by atoms with Crippen LogP contribution in [-0.4, -0.2) is 183 Å². The van der Waals surface area contributed by atoms with Gasteiger partial charge in [-0.3, -0.25) is 58.7 Å². The Balaban J connectivity index is 0.000000123. The second-order valence-electron chi connectivity index (χ2n) is 36.1. The summed E-state index contributed by atoms with van der Waals surface area (Å²) in [6.45, 7) is 20.0. The van der Waals surface area contributed by atoms with E-state index in [2.05, 4.69) is 295 Å². The monoisotopic (exact) mass is 2390 g/mol. The number of fused-ring (bicyclic) bond motifs is 10. The Morgan fingerprint density at radius 2 is 0.562 bits per heavy atom. The van der Waals surface area contributed by atoms with Crippen molar-refractivity contribution in [1.29, 1.82) is 0 Å². The largest absolute Gasteiger partial charge is 0.345 e. The molecule has 0 N–H and O–H groups in total. The van der Waals surface area contributed by atoms with Crippen molar-refractivity contribution in [2.45, 2.75) is 167 Å². The van der Waals surface area contributed by atoms with E-state index in [1.165, 1.54) is 146 Å². The number of piperidine rings is 3. The van der Waals surface area contributed by atoms with Gasteiger partial charge in [-0.25, -0.2) is 0 Å². The lowest BCUT2D eigenvalue weighted by Crippen LogP contribution is -2.47. The molecular weight excluding hydrogens is 2280 g/mol. The summed E-state index contributed by atoms with van der Waals surface area (Å²) in [6.07, 6.45) is 22.0. The number of carbonyl (C=O) groups is 5. The molecule has 10 aromatic rings. The number of aromatic nitrogens is 5. The van der Waals surface area contributed by atoms with Crippen molar-refractivity contribution >= 4 is 191 Å². The van der Waals surface area contributed by atoms with E-state index in [9.17, 15) is 24.0 Å². The minimum atomic E-state index is -0.588. The molecule has 0 radical (unpaired) electrons. The molecule has 5 aromatic heterocycles. The molecule has 680 valence electrons. The predicted octanol–water partition coefficient (Wildman–Crippen LogP) is 22.8. The van der Waals surface area contributed by atoms with E-state index in [1.807, 2.05) is 31.0 Å². The summed E-state index contributed by atoms with van der Waals surface area (Å²) in [4.78, 5) is 94.3. The average molecular weight is 2400 g/mol. The maximum Gasteiger partial charge on any atom is 0.209 e. The molecule has 10 heterocycles. The zero-order chi connectivity index (χ0) is 95.6. The van der Waals surface area contributed by atoms with E-state index < -0.39 is 31.9 Å². The van der Waals surface area contributed by atoms with Crippen molar-refractivity contribution in [3.63, 3.8) is 0 Å². The van der Waals surface area contributed by atoms with E-state index in [0.717, 1.165) is 167 Å². The Kier molecular flexibility index (Phi) is 30.6. The molecule has 5 fully saturated rings. The number of piperazine rings is 2.